The van der Waals surface area contributed by atoms with E-state index < -0.39 is 0 Å². The molecule has 0 radical (unpaired) electrons. The lowest BCUT2D eigenvalue weighted by molar-refractivity contribution is 0.0949. The van der Waals surface area contributed by atoms with Gasteiger partial charge in [0.05, 0.1) is 5.02 Å². The van der Waals surface area contributed by atoms with Crippen LogP contribution in [0.4, 0.5) is 0 Å². The molecule has 0 atom stereocenters. The van der Waals surface area contributed by atoms with Gasteiger partial charge in [-0.1, -0.05) is 18.5 Å². The summed E-state index contributed by atoms with van der Waals surface area (Å²) in [5.74, 6) is -0.125. The van der Waals surface area contributed by atoms with E-state index in [1.165, 1.54) is 0 Å². The maximum absolute atomic E-state index is 11.5. The van der Waals surface area contributed by atoms with Crippen LogP contribution in [0.3, 0.4) is 0 Å². The standard InChI is InChI=1S/C10H16ClN3O.ClH/c1-2-3-12-4-5-13-10(15)9-6-8(11)7-14-9;/h6-7,12,14H,2-5H2,1H3,(H,13,15);1H. The van der Waals surface area contributed by atoms with Gasteiger partial charge in [-0.3, -0.25) is 4.79 Å². The molecule has 0 spiro atoms. The molecule has 0 fully saturated rings. The summed E-state index contributed by atoms with van der Waals surface area (Å²) in [4.78, 5) is 14.3. The van der Waals surface area contributed by atoms with Crippen molar-refractivity contribution in [2.45, 2.75) is 13.3 Å². The smallest absolute Gasteiger partial charge is 0.267 e. The summed E-state index contributed by atoms with van der Waals surface area (Å²) in [7, 11) is 0. The topological polar surface area (TPSA) is 56.9 Å². The van der Waals surface area contributed by atoms with E-state index in [0.29, 0.717) is 17.3 Å². The van der Waals surface area contributed by atoms with Crippen LogP contribution in [0.1, 0.15) is 23.8 Å². The Kier molecular flexibility index (Phi) is 8.07. The van der Waals surface area contributed by atoms with E-state index in [9.17, 15) is 4.79 Å². The van der Waals surface area contributed by atoms with Crippen LogP contribution in [0.2, 0.25) is 5.02 Å². The van der Waals surface area contributed by atoms with Crippen LogP contribution in [0.15, 0.2) is 12.3 Å². The largest absolute Gasteiger partial charge is 0.356 e. The first kappa shape index (κ1) is 15.3. The van der Waals surface area contributed by atoms with Crippen molar-refractivity contribution in [3.8, 4) is 0 Å². The van der Waals surface area contributed by atoms with E-state index in [0.717, 1.165) is 19.5 Å². The fourth-order valence-electron chi connectivity index (χ4n) is 1.16. The lowest BCUT2D eigenvalue weighted by Gasteiger charge is -2.04. The lowest BCUT2D eigenvalue weighted by atomic mass is 10.4. The third-order valence-electron chi connectivity index (χ3n) is 1.91. The first-order chi connectivity index (χ1) is 7.24. The quantitative estimate of drug-likeness (QED) is 0.688. The highest BCUT2D eigenvalue weighted by molar-refractivity contribution is 6.30. The van der Waals surface area contributed by atoms with Crippen LogP contribution < -0.4 is 10.6 Å². The van der Waals surface area contributed by atoms with E-state index in [1.54, 1.807) is 12.3 Å². The normalized spacial score (nSPS) is 9.62. The highest BCUT2D eigenvalue weighted by atomic mass is 35.5. The van der Waals surface area contributed by atoms with Crippen molar-refractivity contribution in [2.24, 2.45) is 0 Å². The van der Waals surface area contributed by atoms with Crippen LogP contribution >= 0.6 is 24.0 Å². The van der Waals surface area contributed by atoms with Crippen LogP contribution in [0, 0.1) is 0 Å². The first-order valence-corrected chi connectivity index (χ1v) is 5.44. The molecule has 0 aliphatic heterocycles. The Hall–Kier alpha value is -0.710. The second-order valence-corrected chi connectivity index (χ2v) is 3.67. The molecule has 1 aromatic rings. The molecule has 1 rings (SSSR count). The average molecular weight is 266 g/mol. The molecule has 0 saturated heterocycles. The Labute approximate surface area is 107 Å². The van der Waals surface area contributed by atoms with Crippen molar-refractivity contribution in [1.29, 1.82) is 0 Å². The Bertz CT molecular complexity index is 315. The van der Waals surface area contributed by atoms with Gasteiger partial charge in [0.2, 0.25) is 0 Å². The van der Waals surface area contributed by atoms with Crippen LogP contribution in [-0.4, -0.2) is 30.5 Å². The van der Waals surface area contributed by atoms with Gasteiger partial charge in [-0.15, -0.1) is 12.4 Å². The molecule has 1 aromatic heterocycles. The number of carbonyl (C=O) groups is 1. The van der Waals surface area contributed by atoms with Gasteiger partial charge in [-0.05, 0) is 19.0 Å². The number of aromatic amines is 1. The number of hydrogen-bond donors (Lipinski definition) is 3. The second kappa shape index (κ2) is 8.44. The van der Waals surface area contributed by atoms with Crippen molar-refractivity contribution in [1.82, 2.24) is 15.6 Å². The highest BCUT2D eigenvalue weighted by Gasteiger charge is 2.06. The monoisotopic (exact) mass is 265 g/mol. The van der Waals surface area contributed by atoms with Gasteiger partial charge < -0.3 is 15.6 Å². The number of aromatic nitrogens is 1. The molecule has 0 saturated carbocycles. The number of carbonyl (C=O) groups excluding carboxylic acids is 1. The van der Waals surface area contributed by atoms with Crippen LogP contribution in [-0.2, 0) is 0 Å². The minimum absolute atomic E-state index is 0. The maximum Gasteiger partial charge on any atom is 0.267 e. The van der Waals surface area contributed by atoms with E-state index in [2.05, 4.69) is 22.5 Å². The van der Waals surface area contributed by atoms with Gasteiger partial charge in [0.15, 0.2) is 0 Å². The summed E-state index contributed by atoms with van der Waals surface area (Å²) in [6.07, 6.45) is 2.69. The Morgan fingerprint density at radius 2 is 2.19 bits per heavy atom. The van der Waals surface area contributed by atoms with E-state index in [4.69, 9.17) is 11.6 Å². The zero-order chi connectivity index (χ0) is 11.1. The molecule has 0 bridgehead atoms. The number of rotatable bonds is 6. The molecule has 16 heavy (non-hydrogen) atoms. The number of nitrogens with one attached hydrogen (secondary N) is 3. The number of hydrogen-bond acceptors (Lipinski definition) is 2. The predicted molar refractivity (Wildman–Crippen MR) is 68.5 cm³/mol. The summed E-state index contributed by atoms with van der Waals surface area (Å²) in [6.45, 7) is 4.49. The Morgan fingerprint density at radius 3 is 2.75 bits per heavy atom. The average Bonchev–Trinajstić information content (AvgIpc) is 2.64. The number of amides is 1. The van der Waals surface area contributed by atoms with Gasteiger partial charge >= 0.3 is 0 Å². The minimum Gasteiger partial charge on any atom is -0.356 e. The molecule has 0 aliphatic rings. The summed E-state index contributed by atoms with van der Waals surface area (Å²) in [5, 5.41) is 6.52. The second-order valence-electron chi connectivity index (χ2n) is 3.24. The Morgan fingerprint density at radius 1 is 1.44 bits per heavy atom. The SMILES string of the molecule is CCCNCCNC(=O)c1cc(Cl)c[nH]1.Cl. The van der Waals surface area contributed by atoms with Gasteiger partial charge in [0.25, 0.3) is 5.91 Å². The van der Waals surface area contributed by atoms with Crippen molar-refractivity contribution in [3.05, 3.63) is 23.0 Å². The minimum atomic E-state index is -0.125. The number of halogens is 2. The molecule has 1 amide bonds. The molecule has 1 heterocycles. The van der Waals surface area contributed by atoms with Crippen molar-refractivity contribution >= 4 is 29.9 Å². The maximum atomic E-state index is 11.5. The fraction of sp³-hybridized carbons (Fsp3) is 0.500. The molecule has 92 valence electrons. The van der Waals surface area contributed by atoms with Gasteiger partial charge in [0.1, 0.15) is 5.69 Å². The molecular formula is C10H17Cl2N3O. The predicted octanol–water partition coefficient (Wildman–Crippen LogP) is 1.82. The van der Waals surface area contributed by atoms with Gasteiger partial charge in [-0.2, -0.15) is 0 Å². The third kappa shape index (κ3) is 5.39. The molecular weight excluding hydrogens is 249 g/mol. The van der Waals surface area contributed by atoms with Gasteiger partial charge in [0, 0.05) is 19.3 Å². The van der Waals surface area contributed by atoms with E-state index in [-0.39, 0.29) is 18.3 Å². The zero-order valence-corrected chi connectivity index (χ0v) is 10.8. The van der Waals surface area contributed by atoms with Crippen molar-refractivity contribution < 1.29 is 4.79 Å². The lowest BCUT2D eigenvalue weighted by Crippen LogP contribution is -2.32. The molecule has 0 unspecified atom stereocenters. The highest BCUT2D eigenvalue weighted by Crippen LogP contribution is 2.08. The van der Waals surface area contributed by atoms with Crippen molar-refractivity contribution in [3.63, 3.8) is 0 Å². The summed E-state index contributed by atoms with van der Waals surface area (Å²) in [5.41, 5.74) is 0.496. The molecule has 3 N–H and O–H groups in total. The van der Waals surface area contributed by atoms with Crippen LogP contribution in [0.25, 0.3) is 0 Å². The summed E-state index contributed by atoms with van der Waals surface area (Å²) < 4.78 is 0. The van der Waals surface area contributed by atoms with Gasteiger partial charge in [-0.25, -0.2) is 0 Å². The number of H-pyrrole nitrogens is 1. The molecule has 6 heteroatoms. The summed E-state index contributed by atoms with van der Waals surface area (Å²) in [6, 6.07) is 1.61. The molecule has 4 nitrogen and oxygen atoms in total. The summed E-state index contributed by atoms with van der Waals surface area (Å²) >= 11 is 5.68. The van der Waals surface area contributed by atoms with E-state index in [1.807, 2.05) is 0 Å². The molecule has 0 aromatic carbocycles. The first-order valence-electron chi connectivity index (χ1n) is 5.07. The third-order valence-corrected chi connectivity index (χ3v) is 2.12. The fourth-order valence-corrected chi connectivity index (χ4v) is 1.32. The van der Waals surface area contributed by atoms with Crippen molar-refractivity contribution in [2.75, 3.05) is 19.6 Å². The molecule has 0 aliphatic carbocycles. The van der Waals surface area contributed by atoms with E-state index >= 15 is 0 Å². The van der Waals surface area contributed by atoms with Crippen LogP contribution in [0.5, 0.6) is 0 Å². The zero-order valence-electron chi connectivity index (χ0n) is 9.18. The Balaban J connectivity index is 0.00000225.